The third-order valence-corrected chi connectivity index (χ3v) is 6.61. The molecule has 1 atom stereocenters. The molecule has 150 valence electrons. The summed E-state index contributed by atoms with van der Waals surface area (Å²) in [6.07, 6.45) is 0.988. The van der Waals surface area contributed by atoms with E-state index < -0.39 is 10.0 Å². The number of rotatable bonds is 7. The van der Waals surface area contributed by atoms with Crippen molar-refractivity contribution >= 4 is 15.9 Å². The topological polar surface area (TPSA) is 91.0 Å². The maximum Gasteiger partial charge on any atom is 0.253 e. The molecule has 2 heterocycles. The van der Waals surface area contributed by atoms with Crippen LogP contribution < -0.4 is 10.0 Å². The number of likely N-dealkylation sites (tertiary alicyclic amines) is 1. The Morgan fingerprint density at radius 1 is 1.22 bits per heavy atom. The van der Waals surface area contributed by atoms with Crippen molar-refractivity contribution in [3.63, 3.8) is 0 Å². The predicted molar refractivity (Wildman–Crippen MR) is 102 cm³/mol. The maximum atomic E-state index is 12.8. The van der Waals surface area contributed by atoms with Crippen molar-refractivity contribution in [2.24, 2.45) is 0 Å². The molecule has 0 bridgehead atoms. The minimum atomic E-state index is -3.58. The summed E-state index contributed by atoms with van der Waals surface area (Å²) in [6, 6.07) is 6.55. The highest BCUT2D eigenvalue weighted by atomic mass is 32.2. The standard InChI is InChI=1S/C18H28N4O4S/c1-26-13-9-20-27(24,25)17-4-2-15(3-5-17)18(23)22-10-6-16(14-22)21-11-7-19-8-12-21/h2-5,16,19-20H,6-14H2,1H3. The van der Waals surface area contributed by atoms with E-state index in [9.17, 15) is 13.2 Å². The highest BCUT2D eigenvalue weighted by Gasteiger charge is 2.31. The summed E-state index contributed by atoms with van der Waals surface area (Å²) in [6.45, 7) is 6.03. The minimum absolute atomic E-state index is 0.0380. The summed E-state index contributed by atoms with van der Waals surface area (Å²) in [7, 11) is -2.07. The first kappa shape index (κ1) is 20.2. The molecule has 1 amide bonds. The average Bonchev–Trinajstić information content (AvgIpc) is 3.18. The largest absolute Gasteiger partial charge is 0.383 e. The van der Waals surface area contributed by atoms with Crippen LogP contribution >= 0.6 is 0 Å². The van der Waals surface area contributed by atoms with Gasteiger partial charge in [0, 0.05) is 64.5 Å². The Balaban J connectivity index is 1.59. The third-order valence-electron chi connectivity index (χ3n) is 5.13. The second-order valence-corrected chi connectivity index (χ2v) is 8.66. The predicted octanol–water partition coefficient (Wildman–Crippen LogP) is -0.269. The number of benzene rings is 1. The van der Waals surface area contributed by atoms with Crippen LogP contribution in [0.1, 0.15) is 16.8 Å². The molecule has 0 saturated carbocycles. The molecule has 9 heteroatoms. The molecular formula is C18H28N4O4S. The van der Waals surface area contributed by atoms with Gasteiger partial charge in [-0.2, -0.15) is 0 Å². The monoisotopic (exact) mass is 396 g/mol. The molecule has 0 spiro atoms. The van der Waals surface area contributed by atoms with Gasteiger partial charge in [0.05, 0.1) is 11.5 Å². The molecule has 1 aromatic carbocycles. The molecule has 2 N–H and O–H groups in total. The summed E-state index contributed by atoms with van der Waals surface area (Å²) in [5.74, 6) is -0.0380. The quantitative estimate of drug-likeness (QED) is 0.617. The SMILES string of the molecule is COCCNS(=O)(=O)c1ccc(C(=O)N2CCC(N3CCNCC3)C2)cc1. The van der Waals surface area contributed by atoms with E-state index in [1.54, 1.807) is 12.1 Å². The smallest absolute Gasteiger partial charge is 0.253 e. The van der Waals surface area contributed by atoms with Crippen molar-refractivity contribution in [2.75, 3.05) is 59.5 Å². The zero-order chi connectivity index (χ0) is 19.3. The van der Waals surface area contributed by atoms with Crippen molar-refractivity contribution in [3.8, 4) is 0 Å². The van der Waals surface area contributed by atoms with E-state index >= 15 is 0 Å². The number of nitrogens with one attached hydrogen (secondary N) is 2. The number of nitrogens with zero attached hydrogens (tertiary/aromatic N) is 2. The lowest BCUT2D eigenvalue weighted by Gasteiger charge is -2.32. The first-order chi connectivity index (χ1) is 13.0. The summed E-state index contributed by atoms with van der Waals surface area (Å²) < 4.78 is 31.7. The Bertz CT molecular complexity index is 732. The second kappa shape index (κ2) is 9.11. The summed E-state index contributed by atoms with van der Waals surface area (Å²) in [4.78, 5) is 17.2. The van der Waals surface area contributed by atoms with Crippen LogP contribution in [0, 0.1) is 0 Å². The van der Waals surface area contributed by atoms with Gasteiger partial charge in [0.15, 0.2) is 0 Å². The van der Waals surface area contributed by atoms with E-state index in [1.807, 2.05) is 4.90 Å². The van der Waals surface area contributed by atoms with Crippen molar-refractivity contribution in [1.29, 1.82) is 0 Å². The molecular weight excluding hydrogens is 368 g/mol. The number of carbonyl (C=O) groups is 1. The lowest BCUT2D eigenvalue weighted by molar-refractivity contribution is 0.0773. The first-order valence-electron chi connectivity index (χ1n) is 9.34. The van der Waals surface area contributed by atoms with Crippen LogP contribution in [0.25, 0.3) is 0 Å². The first-order valence-corrected chi connectivity index (χ1v) is 10.8. The van der Waals surface area contributed by atoms with Crippen molar-refractivity contribution < 1.29 is 17.9 Å². The van der Waals surface area contributed by atoms with Crippen LogP contribution in [-0.2, 0) is 14.8 Å². The van der Waals surface area contributed by atoms with E-state index in [1.165, 1.54) is 19.2 Å². The lowest BCUT2D eigenvalue weighted by Crippen LogP contribution is -2.49. The Kier molecular flexibility index (Phi) is 6.83. The van der Waals surface area contributed by atoms with E-state index in [0.29, 0.717) is 18.2 Å². The van der Waals surface area contributed by atoms with Crippen LogP contribution in [0.15, 0.2) is 29.2 Å². The Labute approximate surface area is 160 Å². The molecule has 27 heavy (non-hydrogen) atoms. The maximum absolute atomic E-state index is 12.8. The van der Waals surface area contributed by atoms with Crippen LogP contribution in [0.5, 0.6) is 0 Å². The molecule has 2 aliphatic heterocycles. The highest BCUT2D eigenvalue weighted by molar-refractivity contribution is 7.89. The lowest BCUT2D eigenvalue weighted by atomic mass is 10.2. The molecule has 1 aromatic rings. The van der Waals surface area contributed by atoms with Crippen molar-refractivity contribution in [3.05, 3.63) is 29.8 Å². The third kappa shape index (κ3) is 5.05. The number of piperazine rings is 1. The number of hydrogen-bond donors (Lipinski definition) is 2. The van der Waals surface area contributed by atoms with Gasteiger partial charge in [-0.15, -0.1) is 0 Å². The molecule has 0 aromatic heterocycles. The van der Waals surface area contributed by atoms with E-state index in [2.05, 4.69) is 14.9 Å². The molecule has 8 nitrogen and oxygen atoms in total. The zero-order valence-electron chi connectivity index (χ0n) is 15.7. The number of hydrogen-bond acceptors (Lipinski definition) is 6. The summed E-state index contributed by atoms with van der Waals surface area (Å²) in [5, 5.41) is 3.35. The normalized spacial score (nSPS) is 21.5. The summed E-state index contributed by atoms with van der Waals surface area (Å²) in [5.41, 5.74) is 0.520. The molecule has 0 aliphatic carbocycles. The Hall–Kier alpha value is -1.52. The van der Waals surface area contributed by atoms with Gasteiger partial charge in [0.1, 0.15) is 0 Å². The molecule has 3 rings (SSSR count). The molecule has 2 fully saturated rings. The van der Waals surface area contributed by atoms with Gasteiger partial charge in [-0.25, -0.2) is 13.1 Å². The van der Waals surface area contributed by atoms with Crippen molar-refractivity contribution in [2.45, 2.75) is 17.4 Å². The van der Waals surface area contributed by atoms with Crippen LogP contribution in [0.3, 0.4) is 0 Å². The van der Waals surface area contributed by atoms with Gasteiger partial charge >= 0.3 is 0 Å². The number of carbonyl (C=O) groups excluding carboxylic acids is 1. The molecule has 1 unspecified atom stereocenters. The fraction of sp³-hybridized carbons (Fsp3) is 0.611. The number of amides is 1. The zero-order valence-corrected chi connectivity index (χ0v) is 16.5. The minimum Gasteiger partial charge on any atom is -0.383 e. The van der Waals surface area contributed by atoms with Gasteiger partial charge < -0.3 is 15.0 Å². The van der Waals surface area contributed by atoms with E-state index in [4.69, 9.17) is 4.74 Å². The van der Waals surface area contributed by atoms with Gasteiger partial charge in [0.2, 0.25) is 10.0 Å². The van der Waals surface area contributed by atoms with Gasteiger partial charge in [-0.3, -0.25) is 9.69 Å². The number of sulfonamides is 1. The van der Waals surface area contributed by atoms with Crippen LogP contribution in [-0.4, -0.2) is 89.7 Å². The van der Waals surface area contributed by atoms with Gasteiger partial charge in [-0.05, 0) is 30.7 Å². The fourth-order valence-electron chi connectivity index (χ4n) is 3.59. The van der Waals surface area contributed by atoms with E-state index in [0.717, 1.165) is 45.7 Å². The average molecular weight is 397 g/mol. The highest BCUT2D eigenvalue weighted by Crippen LogP contribution is 2.19. The number of methoxy groups -OCH3 is 1. The molecule has 2 saturated heterocycles. The fourth-order valence-corrected chi connectivity index (χ4v) is 4.61. The second-order valence-electron chi connectivity index (χ2n) is 6.89. The van der Waals surface area contributed by atoms with Gasteiger partial charge in [0.25, 0.3) is 5.91 Å². The Morgan fingerprint density at radius 3 is 2.59 bits per heavy atom. The van der Waals surface area contributed by atoms with Crippen molar-refractivity contribution in [1.82, 2.24) is 19.8 Å². The van der Waals surface area contributed by atoms with Crippen LogP contribution in [0.2, 0.25) is 0 Å². The Morgan fingerprint density at radius 2 is 1.93 bits per heavy atom. The van der Waals surface area contributed by atoms with Gasteiger partial charge in [-0.1, -0.05) is 0 Å². The molecule has 2 aliphatic rings. The van der Waals surface area contributed by atoms with E-state index in [-0.39, 0.29) is 17.3 Å². The molecule has 0 radical (unpaired) electrons. The van der Waals surface area contributed by atoms with Crippen LogP contribution in [0.4, 0.5) is 0 Å². The number of ether oxygens (including phenoxy) is 1. The summed E-state index contributed by atoms with van der Waals surface area (Å²) >= 11 is 0.